The van der Waals surface area contributed by atoms with Gasteiger partial charge in [-0.1, -0.05) is 20.8 Å². The van der Waals surface area contributed by atoms with E-state index in [9.17, 15) is 5.11 Å². The first kappa shape index (κ1) is 11.7. The van der Waals surface area contributed by atoms with Crippen molar-refractivity contribution in [3.05, 3.63) is 18.2 Å². The second-order valence-corrected chi connectivity index (χ2v) is 4.72. The lowest BCUT2D eigenvalue weighted by Gasteiger charge is -2.19. The molecular weight excluding hydrogens is 192 g/mol. The van der Waals surface area contributed by atoms with Gasteiger partial charge in [-0.3, -0.25) is 0 Å². The quantitative estimate of drug-likeness (QED) is 0.833. The number of hydrogen-bond donors (Lipinski definition) is 1. The number of hydrogen-bond acceptors (Lipinski definition) is 3. The fourth-order valence-corrected chi connectivity index (χ4v) is 1.06. The molecule has 0 aliphatic carbocycles. The summed E-state index contributed by atoms with van der Waals surface area (Å²) in [4.78, 5) is 0. The number of ether oxygens (including phenoxy) is 2. The standard InChI is InChI=1S/C12H18O3/c1-12(2,3)8-15-11-6-9(13)5-10(7-11)14-4/h5-7,13H,8H2,1-4H3. The molecule has 0 amide bonds. The smallest absolute Gasteiger partial charge is 0.126 e. The number of rotatable bonds is 3. The molecule has 0 radical (unpaired) electrons. The molecule has 15 heavy (non-hydrogen) atoms. The second kappa shape index (κ2) is 4.43. The highest BCUT2D eigenvalue weighted by atomic mass is 16.5. The van der Waals surface area contributed by atoms with Crippen molar-refractivity contribution in [2.24, 2.45) is 5.41 Å². The summed E-state index contributed by atoms with van der Waals surface area (Å²) < 4.78 is 10.6. The Hall–Kier alpha value is -1.38. The van der Waals surface area contributed by atoms with Crippen molar-refractivity contribution in [1.29, 1.82) is 0 Å². The van der Waals surface area contributed by atoms with Crippen LogP contribution in [0, 0.1) is 5.41 Å². The summed E-state index contributed by atoms with van der Waals surface area (Å²) in [6, 6.07) is 4.88. The van der Waals surface area contributed by atoms with Crippen LogP contribution in [0.5, 0.6) is 17.2 Å². The molecule has 3 nitrogen and oxygen atoms in total. The maximum absolute atomic E-state index is 9.39. The Balaban J connectivity index is 2.73. The fourth-order valence-electron chi connectivity index (χ4n) is 1.06. The minimum atomic E-state index is 0.0959. The van der Waals surface area contributed by atoms with E-state index in [0.29, 0.717) is 18.1 Å². The molecule has 0 unspecified atom stereocenters. The third-order valence-corrected chi connectivity index (χ3v) is 1.77. The van der Waals surface area contributed by atoms with Crippen LogP contribution in [-0.2, 0) is 0 Å². The third kappa shape index (κ3) is 4.11. The van der Waals surface area contributed by atoms with Crippen molar-refractivity contribution in [2.45, 2.75) is 20.8 Å². The molecule has 0 aliphatic heterocycles. The molecule has 0 bridgehead atoms. The molecule has 84 valence electrons. The van der Waals surface area contributed by atoms with Gasteiger partial charge < -0.3 is 14.6 Å². The van der Waals surface area contributed by atoms with Gasteiger partial charge in [0.25, 0.3) is 0 Å². The van der Waals surface area contributed by atoms with Gasteiger partial charge >= 0.3 is 0 Å². The molecule has 0 saturated heterocycles. The molecule has 3 heteroatoms. The first-order valence-electron chi connectivity index (χ1n) is 4.91. The van der Waals surface area contributed by atoms with E-state index in [2.05, 4.69) is 20.8 Å². The highest BCUT2D eigenvalue weighted by Gasteiger charge is 2.11. The molecule has 1 rings (SSSR count). The van der Waals surface area contributed by atoms with E-state index in [4.69, 9.17) is 9.47 Å². The van der Waals surface area contributed by atoms with Gasteiger partial charge in [0.05, 0.1) is 13.7 Å². The summed E-state index contributed by atoms with van der Waals surface area (Å²) in [6.45, 7) is 6.87. The highest BCUT2D eigenvalue weighted by Crippen LogP contribution is 2.27. The summed E-state index contributed by atoms with van der Waals surface area (Å²) in [5.74, 6) is 1.37. The normalized spacial score (nSPS) is 11.2. The Bertz CT molecular complexity index is 326. The lowest BCUT2D eigenvalue weighted by molar-refractivity contribution is 0.196. The minimum Gasteiger partial charge on any atom is -0.508 e. The van der Waals surface area contributed by atoms with Gasteiger partial charge in [0, 0.05) is 18.2 Å². The van der Waals surface area contributed by atoms with Crippen LogP contribution in [0.3, 0.4) is 0 Å². The summed E-state index contributed by atoms with van der Waals surface area (Å²) in [7, 11) is 1.56. The van der Waals surface area contributed by atoms with Crippen LogP contribution < -0.4 is 9.47 Å². The van der Waals surface area contributed by atoms with Gasteiger partial charge in [-0.2, -0.15) is 0 Å². The van der Waals surface area contributed by atoms with Gasteiger partial charge in [-0.25, -0.2) is 0 Å². The Morgan fingerprint density at radius 2 is 1.73 bits per heavy atom. The average Bonchev–Trinajstić information content (AvgIpc) is 2.13. The predicted octanol–water partition coefficient (Wildman–Crippen LogP) is 2.83. The van der Waals surface area contributed by atoms with Crippen LogP contribution in [0.4, 0.5) is 0 Å². The van der Waals surface area contributed by atoms with Gasteiger partial charge in [0.2, 0.25) is 0 Å². The van der Waals surface area contributed by atoms with E-state index in [-0.39, 0.29) is 11.2 Å². The predicted molar refractivity (Wildman–Crippen MR) is 59.6 cm³/mol. The molecule has 0 atom stereocenters. The zero-order valence-corrected chi connectivity index (χ0v) is 9.70. The van der Waals surface area contributed by atoms with E-state index in [0.717, 1.165) is 0 Å². The number of aromatic hydroxyl groups is 1. The van der Waals surface area contributed by atoms with Gasteiger partial charge in [0.1, 0.15) is 17.2 Å². The van der Waals surface area contributed by atoms with E-state index < -0.39 is 0 Å². The summed E-state index contributed by atoms with van der Waals surface area (Å²) >= 11 is 0. The molecule has 1 aromatic carbocycles. The molecular formula is C12H18O3. The fraction of sp³-hybridized carbons (Fsp3) is 0.500. The average molecular weight is 210 g/mol. The van der Waals surface area contributed by atoms with Crippen LogP contribution in [0.1, 0.15) is 20.8 Å². The van der Waals surface area contributed by atoms with Crippen molar-refractivity contribution in [3.63, 3.8) is 0 Å². The van der Waals surface area contributed by atoms with Crippen molar-refractivity contribution >= 4 is 0 Å². The minimum absolute atomic E-state index is 0.0959. The molecule has 0 fully saturated rings. The lowest BCUT2D eigenvalue weighted by Crippen LogP contribution is -2.16. The van der Waals surface area contributed by atoms with Gasteiger partial charge in [-0.15, -0.1) is 0 Å². The lowest BCUT2D eigenvalue weighted by atomic mass is 9.99. The zero-order valence-electron chi connectivity index (χ0n) is 9.70. The van der Waals surface area contributed by atoms with Gasteiger partial charge in [-0.05, 0) is 5.41 Å². The topological polar surface area (TPSA) is 38.7 Å². The second-order valence-electron chi connectivity index (χ2n) is 4.72. The number of phenols is 1. The highest BCUT2D eigenvalue weighted by molar-refractivity contribution is 5.41. The number of phenolic OH excluding ortho intramolecular Hbond substituents is 1. The Morgan fingerprint density at radius 1 is 1.13 bits per heavy atom. The van der Waals surface area contributed by atoms with Crippen LogP contribution in [0.2, 0.25) is 0 Å². The molecule has 0 aromatic heterocycles. The monoisotopic (exact) mass is 210 g/mol. The van der Waals surface area contributed by atoms with Crippen molar-refractivity contribution in [1.82, 2.24) is 0 Å². The molecule has 1 aromatic rings. The largest absolute Gasteiger partial charge is 0.508 e. The molecule has 0 heterocycles. The van der Waals surface area contributed by atoms with E-state index >= 15 is 0 Å². The Morgan fingerprint density at radius 3 is 2.27 bits per heavy atom. The molecule has 0 saturated carbocycles. The SMILES string of the molecule is COc1cc(O)cc(OCC(C)(C)C)c1. The Kier molecular flexibility index (Phi) is 3.45. The maximum Gasteiger partial charge on any atom is 0.126 e. The summed E-state index contributed by atoms with van der Waals surface area (Å²) in [5.41, 5.74) is 0.0959. The number of benzene rings is 1. The molecule has 0 spiro atoms. The summed E-state index contributed by atoms with van der Waals surface area (Å²) in [5, 5.41) is 9.39. The van der Waals surface area contributed by atoms with Crippen LogP contribution in [-0.4, -0.2) is 18.8 Å². The van der Waals surface area contributed by atoms with E-state index in [1.54, 1.807) is 25.3 Å². The first-order valence-corrected chi connectivity index (χ1v) is 4.91. The summed E-state index contributed by atoms with van der Waals surface area (Å²) in [6.07, 6.45) is 0. The van der Waals surface area contributed by atoms with Crippen LogP contribution in [0.15, 0.2) is 18.2 Å². The zero-order chi connectivity index (χ0) is 11.5. The molecule has 0 aliphatic rings. The number of methoxy groups -OCH3 is 1. The Labute approximate surface area is 90.6 Å². The first-order chi connectivity index (χ1) is 6.90. The van der Waals surface area contributed by atoms with Crippen LogP contribution in [0.25, 0.3) is 0 Å². The third-order valence-electron chi connectivity index (χ3n) is 1.77. The van der Waals surface area contributed by atoms with Crippen molar-refractivity contribution in [3.8, 4) is 17.2 Å². The maximum atomic E-state index is 9.39. The van der Waals surface area contributed by atoms with Gasteiger partial charge in [0.15, 0.2) is 0 Å². The van der Waals surface area contributed by atoms with Crippen molar-refractivity contribution in [2.75, 3.05) is 13.7 Å². The molecule has 1 N–H and O–H groups in total. The van der Waals surface area contributed by atoms with E-state index in [1.807, 2.05) is 0 Å². The van der Waals surface area contributed by atoms with Crippen molar-refractivity contribution < 1.29 is 14.6 Å². The van der Waals surface area contributed by atoms with E-state index in [1.165, 1.54) is 0 Å². The van der Waals surface area contributed by atoms with Crippen LogP contribution >= 0.6 is 0 Å².